The number of fused-ring (bicyclic) bond motifs is 3. The predicted octanol–water partition coefficient (Wildman–Crippen LogP) is 3.36. The lowest BCUT2D eigenvalue weighted by Crippen LogP contribution is -2.51. The van der Waals surface area contributed by atoms with Crippen LogP contribution in [0.25, 0.3) is 11.3 Å². The first-order chi connectivity index (χ1) is 17.1. The summed E-state index contributed by atoms with van der Waals surface area (Å²) in [4.78, 5) is 28.8. The highest BCUT2D eigenvalue weighted by atomic mass is 16.2. The van der Waals surface area contributed by atoms with E-state index in [0.29, 0.717) is 5.82 Å². The molecule has 2 aromatic heterocycles. The van der Waals surface area contributed by atoms with Crippen molar-refractivity contribution in [3.05, 3.63) is 60.3 Å². The Kier molecular flexibility index (Phi) is 5.74. The van der Waals surface area contributed by atoms with Crippen molar-refractivity contribution in [2.45, 2.75) is 31.8 Å². The molecule has 3 aromatic rings. The number of piperidine rings is 1. The topological polar surface area (TPSA) is 90.6 Å². The van der Waals surface area contributed by atoms with Gasteiger partial charge in [-0.25, -0.2) is 9.97 Å². The molecule has 0 saturated carbocycles. The van der Waals surface area contributed by atoms with E-state index in [2.05, 4.69) is 55.3 Å². The van der Waals surface area contributed by atoms with Crippen LogP contribution in [-0.2, 0) is 11.3 Å². The number of nitrogens with zero attached hydrogens (tertiary/aromatic N) is 5. The summed E-state index contributed by atoms with van der Waals surface area (Å²) in [5, 5.41) is 3.10. The van der Waals surface area contributed by atoms with Crippen LogP contribution in [0.1, 0.15) is 24.8 Å². The molecule has 8 nitrogen and oxygen atoms in total. The maximum absolute atomic E-state index is 12.6. The van der Waals surface area contributed by atoms with Gasteiger partial charge in [-0.3, -0.25) is 9.69 Å². The number of rotatable bonds is 4. The van der Waals surface area contributed by atoms with Crippen molar-refractivity contribution in [2.24, 2.45) is 0 Å². The van der Waals surface area contributed by atoms with Gasteiger partial charge in [0, 0.05) is 56.7 Å². The summed E-state index contributed by atoms with van der Waals surface area (Å²) in [5.41, 5.74) is 11.0. The van der Waals surface area contributed by atoms with Crippen LogP contribution < -0.4 is 20.9 Å². The molecule has 3 aliphatic heterocycles. The van der Waals surface area contributed by atoms with Crippen LogP contribution in [0.3, 0.4) is 0 Å². The molecule has 6 rings (SSSR count). The number of amides is 1. The van der Waals surface area contributed by atoms with Crippen LogP contribution in [0, 0.1) is 0 Å². The second kappa shape index (κ2) is 9.19. The lowest BCUT2D eigenvalue weighted by molar-refractivity contribution is -0.118. The fraction of sp³-hybridized carbons (Fsp3) is 0.370. The van der Waals surface area contributed by atoms with Crippen molar-refractivity contribution in [1.82, 2.24) is 14.9 Å². The van der Waals surface area contributed by atoms with Gasteiger partial charge in [0.25, 0.3) is 0 Å². The molecule has 0 bridgehead atoms. The Morgan fingerprint density at radius 1 is 1.00 bits per heavy atom. The van der Waals surface area contributed by atoms with Gasteiger partial charge in [-0.05, 0) is 55.2 Å². The highest BCUT2D eigenvalue weighted by Gasteiger charge is 2.35. The smallest absolute Gasteiger partial charge is 0.247 e. The van der Waals surface area contributed by atoms with Crippen LogP contribution in [0.5, 0.6) is 0 Å². The maximum Gasteiger partial charge on any atom is 0.247 e. The minimum absolute atomic E-state index is 0.0566. The molecule has 2 fully saturated rings. The highest BCUT2D eigenvalue weighted by Crippen LogP contribution is 2.35. The third kappa shape index (κ3) is 4.41. The SMILES string of the molecule is Nc1cccc(-c2ccc(N3CCN(Cc4cnc5c(c4)NC(=O)C4CCCCN54)CC3)cc2)n1. The fourth-order valence-electron chi connectivity index (χ4n) is 5.46. The number of pyridine rings is 2. The fourth-order valence-corrected chi connectivity index (χ4v) is 5.46. The summed E-state index contributed by atoms with van der Waals surface area (Å²) in [7, 11) is 0. The van der Waals surface area contributed by atoms with E-state index in [1.54, 1.807) is 6.07 Å². The Hall–Kier alpha value is -3.65. The van der Waals surface area contributed by atoms with Gasteiger partial charge in [0.15, 0.2) is 5.82 Å². The van der Waals surface area contributed by atoms with Crippen molar-refractivity contribution < 1.29 is 4.79 Å². The predicted molar refractivity (Wildman–Crippen MR) is 139 cm³/mol. The molecule has 0 aliphatic carbocycles. The van der Waals surface area contributed by atoms with Crippen molar-refractivity contribution >= 4 is 28.9 Å². The third-order valence-electron chi connectivity index (χ3n) is 7.34. The largest absolute Gasteiger partial charge is 0.384 e. The van der Waals surface area contributed by atoms with E-state index in [1.165, 1.54) is 5.69 Å². The standard InChI is InChI=1S/C27H31N7O/c28-25-6-3-4-22(30-25)20-7-9-21(10-8-20)33-14-12-32(13-15-33)18-19-16-23-26(29-17-19)34-11-2-1-5-24(34)27(35)31-23/h3-4,6-10,16-17,24H,1-2,5,11-15,18H2,(H2,28,30)(H,31,35). The number of aromatic nitrogens is 2. The number of carbonyl (C=O) groups excluding carboxylic acids is 1. The number of anilines is 4. The Morgan fingerprint density at radius 2 is 1.83 bits per heavy atom. The monoisotopic (exact) mass is 469 g/mol. The van der Waals surface area contributed by atoms with Gasteiger partial charge in [0.1, 0.15) is 11.9 Å². The summed E-state index contributed by atoms with van der Waals surface area (Å²) < 4.78 is 0. The highest BCUT2D eigenvalue weighted by molar-refractivity contribution is 6.02. The number of piperazine rings is 1. The quantitative estimate of drug-likeness (QED) is 0.606. The molecule has 8 heteroatoms. The second-order valence-corrected chi connectivity index (χ2v) is 9.67. The molecule has 2 saturated heterocycles. The summed E-state index contributed by atoms with van der Waals surface area (Å²) in [6.45, 7) is 5.66. The van der Waals surface area contributed by atoms with E-state index in [9.17, 15) is 4.79 Å². The third-order valence-corrected chi connectivity index (χ3v) is 7.34. The number of hydrogen-bond donors (Lipinski definition) is 2. The second-order valence-electron chi connectivity index (χ2n) is 9.67. The first-order valence-corrected chi connectivity index (χ1v) is 12.5. The molecule has 3 aliphatic rings. The summed E-state index contributed by atoms with van der Waals surface area (Å²) in [5.74, 6) is 1.58. The summed E-state index contributed by atoms with van der Waals surface area (Å²) in [6.07, 6.45) is 5.13. The van der Waals surface area contributed by atoms with E-state index in [1.807, 2.05) is 18.3 Å². The average Bonchev–Trinajstić information content (AvgIpc) is 2.89. The van der Waals surface area contributed by atoms with Gasteiger partial charge in [-0.1, -0.05) is 18.2 Å². The summed E-state index contributed by atoms with van der Waals surface area (Å²) >= 11 is 0. The first kappa shape index (κ1) is 21.9. The minimum atomic E-state index is -0.0566. The Morgan fingerprint density at radius 3 is 2.63 bits per heavy atom. The molecule has 1 aromatic carbocycles. The molecule has 1 unspecified atom stereocenters. The van der Waals surface area contributed by atoms with E-state index in [0.717, 1.165) is 86.9 Å². The van der Waals surface area contributed by atoms with Crippen molar-refractivity contribution in [2.75, 3.05) is 53.6 Å². The number of benzene rings is 1. The number of nitrogens with two attached hydrogens (primary N) is 1. The Labute approximate surface area is 205 Å². The van der Waals surface area contributed by atoms with Crippen LogP contribution >= 0.6 is 0 Å². The van der Waals surface area contributed by atoms with E-state index in [-0.39, 0.29) is 11.9 Å². The van der Waals surface area contributed by atoms with Gasteiger partial charge in [-0.15, -0.1) is 0 Å². The van der Waals surface area contributed by atoms with Crippen LogP contribution in [0.2, 0.25) is 0 Å². The molecular formula is C27H31N7O. The van der Waals surface area contributed by atoms with Crippen molar-refractivity contribution in [3.63, 3.8) is 0 Å². The van der Waals surface area contributed by atoms with Gasteiger partial charge in [0.2, 0.25) is 5.91 Å². The molecular weight excluding hydrogens is 438 g/mol. The van der Waals surface area contributed by atoms with E-state index >= 15 is 0 Å². The van der Waals surface area contributed by atoms with Crippen LogP contribution in [0.15, 0.2) is 54.7 Å². The minimum Gasteiger partial charge on any atom is -0.384 e. The first-order valence-electron chi connectivity index (χ1n) is 12.5. The molecule has 1 atom stereocenters. The lowest BCUT2D eigenvalue weighted by Gasteiger charge is -2.40. The van der Waals surface area contributed by atoms with Crippen molar-refractivity contribution in [1.29, 1.82) is 0 Å². The van der Waals surface area contributed by atoms with Crippen LogP contribution in [-0.4, -0.2) is 59.5 Å². The molecule has 1 amide bonds. The van der Waals surface area contributed by atoms with Gasteiger partial charge in [0.05, 0.1) is 11.4 Å². The molecule has 5 heterocycles. The molecule has 0 spiro atoms. The van der Waals surface area contributed by atoms with Gasteiger partial charge >= 0.3 is 0 Å². The average molecular weight is 470 g/mol. The van der Waals surface area contributed by atoms with Gasteiger partial charge in [-0.2, -0.15) is 0 Å². The number of nitrogen functional groups attached to an aromatic ring is 1. The number of nitrogens with one attached hydrogen (secondary N) is 1. The van der Waals surface area contributed by atoms with E-state index in [4.69, 9.17) is 10.7 Å². The normalized spacial score (nSPS) is 20.2. The molecule has 3 N–H and O–H groups in total. The molecule has 35 heavy (non-hydrogen) atoms. The molecule has 0 radical (unpaired) electrons. The number of hydrogen-bond acceptors (Lipinski definition) is 7. The Balaban J connectivity index is 1.07. The van der Waals surface area contributed by atoms with Gasteiger partial charge < -0.3 is 20.9 Å². The molecule has 180 valence electrons. The zero-order valence-electron chi connectivity index (χ0n) is 19.9. The summed E-state index contributed by atoms with van der Waals surface area (Å²) in [6, 6.07) is 16.3. The van der Waals surface area contributed by atoms with E-state index < -0.39 is 0 Å². The zero-order valence-corrected chi connectivity index (χ0v) is 19.9. The number of carbonyl (C=O) groups is 1. The maximum atomic E-state index is 12.6. The Bertz CT molecular complexity index is 1220. The zero-order chi connectivity index (χ0) is 23.8. The van der Waals surface area contributed by atoms with Crippen LogP contribution in [0.4, 0.5) is 23.0 Å². The van der Waals surface area contributed by atoms with Crippen molar-refractivity contribution in [3.8, 4) is 11.3 Å². The lowest BCUT2D eigenvalue weighted by atomic mass is 9.99.